The molecule has 1 N–H and O–H groups in total. The monoisotopic (exact) mass is 307 g/mol. The van der Waals surface area contributed by atoms with Crippen LogP contribution < -0.4 is 5.56 Å². The minimum absolute atomic E-state index is 0.139. The largest absolute Gasteiger partial charge is 0.376 e. The molecule has 3 rings (SSSR count). The molecule has 18 heavy (non-hydrogen) atoms. The van der Waals surface area contributed by atoms with Crippen molar-refractivity contribution in [1.82, 2.24) is 15.0 Å². The number of pyridine rings is 1. The van der Waals surface area contributed by atoms with E-state index in [0.29, 0.717) is 36.7 Å². The molecule has 6 heteroatoms. The second-order valence-corrected chi connectivity index (χ2v) is 4.92. The Morgan fingerprint density at radius 1 is 1.39 bits per heavy atom. The molecule has 1 aliphatic heterocycles. The van der Waals surface area contributed by atoms with E-state index in [0.717, 1.165) is 10.2 Å². The van der Waals surface area contributed by atoms with Crippen LogP contribution in [-0.4, -0.2) is 21.6 Å². The summed E-state index contributed by atoms with van der Waals surface area (Å²) in [6, 6.07) is 3.68. The number of aromatic amines is 1. The van der Waals surface area contributed by atoms with Crippen LogP contribution in [0.15, 0.2) is 27.6 Å². The van der Waals surface area contributed by atoms with Gasteiger partial charge in [-0.25, -0.2) is 4.98 Å². The lowest BCUT2D eigenvalue weighted by molar-refractivity contribution is 0.108. The smallest absolute Gasteiger partial charge is 0.256 e. The van der Waals surface area contributed by atoms with Gasteiger partial charge in [0.05, 0.1) is 24.5 Å². The molecule has 3 heterocycles. The Morgan fingerprint density at radius 2 is 2.28 bits per heavy atom. The summed E-state index contributed by atoms with van der Waals surface area (Å²) in [7, 11) is 0. The van der Waals surface area contributed by atoms with Crippen molar-refractivity contribution in [2.75, 3.05) is 6.61 Å². The van der Waals surface area contributed by atoms with Gasteiger partial charge in [-0.2, -0.15) is 0 Å². The summed E-state index contributed by atoms with van der Waals surface area (Å²) in [5.41, 5.74) is 1.95. The lowest BCUT2D eigenvalue weighted by atomic mass is 10.1. The summed E-state index contributed by atoms with van der Waals surface area (Å²) in [5, 5.41) is 0. The first-order valence-corrected chi connectivity index (χ1v) is 6.35. The van der Waals surface area contributed by atoms with Gasteiger partial charge in [0.2, 0.25) is 0 Å². The molecule has 0 aliphatic carbocycles. The molecule has 0 amide bonds. The molecular weight excluding hydrogens is 298 g/mol. The van der Waals surface area contributed by atoms with E-state index in [1.54, 1.807) is 6.20 Å². The van der Waals surface area contributed by atoms with Crippen LogP contribution in [0.2, 0.25) is 0 Å². The zero-order chi connectivity index (χ0) is 12.5. The Labute approximate surface area is 111 Å². The second-order valence-electron chi connectivity index (χ2n) is 4.00. The first-order valence-electron chi connectivity index (χ1n) is 5.56. The third-order valence-electron chi connectivity index (χ3n) is 2.80. The van der Waals surface area contributed by atoms with Crippen LogP contribution in [0, 0.1) is 0 Å². The number of rotatable bonds is 1. The number of aromatic nitrogens is 3. The zero-order valence-corrected chi connectivity index (χ0v) is 11.0. The summed E-state index contributed by atoms with van der Waals surface area (Å²) < 4.78 is 6.15. The third-order valence-corrected chi connectivity index (χ3v) is 3.27. The molecule has 2 aromatic heterocycles. The molecule has 1 aliphatic rings. The Morgan fingerprint density at radius 3 is 3.06 bits per heavy atom. The third kappa shape index (κ3) is 2.09. The van der Waals surface area contributed by atoms with Crippen LogP contribution in [0.5, 0.6) is 0 Å². The first-order chi connectivity index (χ1) is 8.74. The molecule has 0 unspecified atom stereocenters. The predicted molar refractivity (Wildman–Crippen MR) is 69.1 cm³/mol. The Hall–Kier alpha value is -1.53. The Kier molecular flexibility index (Phi) is 2.97. The van der Waals surface area contributed by atoms with Gasteiger partial charge in [-0.1, -0.05) is 0 Å². The highest BCUT2D eigenvalue weighted by Gasteiger charge is 2.16. The fourth-order valence-electron chi connectivity index (χ4n) is 1.88. The average molecular weight is 308 g/mol. The molecule has 0 aromatic carbocycles. The number of hydrogen-bond acceptors (Lipinski definition) is 4. The van der Waals surface area contributed by atoms with Crippen LogP contribution in [0.3, 0.4) is 0 Å². The van der Waals surface area contributed by atoms with Gasteiger partial charge in [0.1, 0.15) is 5.69 Å². The van der Waals surface area contributed by atoms with Crippen molar-refractivity contribution in [3.05, 3.63) is 44.4 Å². The van der Waals surface area contributed by atoms with Crippen molar-refractivity contribution in [2.24, 2.45) is 0 Å². The van der Waals surface area contributed by atoms with Crippen molar-refractivity contribution in [2.45, 2.75) is 13.0 Å². The zero-order valence-electron chi connectivity index (χ0n) is 9.44. The van der Waals surface area contributed by atoms with Crippen LogP contribution in [0.4, 0.5) is 0 Å². The quantitative estimate of drug-likeness (QED) is 0.870. The molecule has 0 atom stereocenters. The minimum Gasteiger partial charge on any atom is -0.376 e. The predicted octanol–water partition coefficient (Wildman–Crippen LogP) is 1.67. The van der Waals surface area contributed by atoms with Gasteiger partial charge in [0, 0.05) is 17.1 Å². The normalized spacial score (nSPS) is 14.3. The van der Waals surface area contributed by atoms with Crippen LogP contribution in [0.1, 0.15) is 11.3 Å². The standard InChI is InChI=1S/C12H10BrN3O2/c13-7-1-2-10(14-5-7)11-15-9-3-4-18-6-8(9)12(17)16-11/h1-2,5H,3-4,6H2,(H,15,16,17). The van der Waals surface area contributed by atoms with Crippen molar-refractivity contribution < 1.29 is 4.74 Å². The van der Waals surface area contributed by atoms with Crippen LogP contribution in [-0.2, 0) is 17.8 Å². The molecule has 5 nitrogen and oxygen atoms in total. The number of H-pyrrole nitrogens is 1. The van der Waals surface area contributed by atoms with E-state index in [2.05, 4.69) is 30.9 Å². The molecule has 2 aromatic rings. The van der Waals surface area contributed by atoms with E-state index in [4.69, 9.17) is 4.74 Å². The van der Waals surface area contributed by atoms with Gasteiger partial charge < -0.3 is 9.72 Å². The number of hydrogen-bond donors (Lipinski definition) is 1. The number of halogens is 1. The summed E-state index contributed by atoms with van der Waals surface area (Å²) in [6.45, 7) is 0.947. The Bertz CT molecular complexity index is 637. The van der Waals surface area contributed by atoms with Gasteiger partial charge in [0.15, 0.2) is 5.82 Å². The summed E-state index contributed by atoms with van der Waals surface area (Å²) in [4.78, 5) is 23.3. The molecule has 0 radical (unpaired) electrons. The first kappa shape index (κ1) is 11.6. The number of nitrogens with one attached hydrogen (secondary N) is 1. The van der Waals surface area contributed by atoms with Crippen molar-refractivity contribution in [3.63, 3.8) is 0 Å². The molecule has 0 saturated carbocycles. The topological polar surface area (TPSA) is 67.9 Å². The molecule has 0 saturated heterocycles. The van der Waals surface area contributed by atoms with E-state index < -0.39 is 0 Å². The second kappa shape index (κ2) is 4.62. The van der Waals surface area contributed by atoms with Gasteiger partial charge >= 0.3 is 0 Å². The SMILES string of the molecule is O=c1[nH]c(-c2ccc(Br)cn2)nc2c1COCC2. The van der Waals surface area contributed by atoms with Crippen molar-refractivity contribution >= 4 is 15.9 Å². The molecule has 0 bridgehead atoms. The van der Waals surface area contributed by atoms with Crippen molar-refractivity contribution in [3.8, 4) is 11.5 Å². The fraction of sp³-hybridized carbons (Fsp3) is 0.250. The van der Waals surface area contributed by atoms with E-state index in [-0.39, 0.29) is 5.56 Å². The number of nitrogens with zero attached hydrogens (tertiary/aromatic N) is 2. The highest BCUT2D eigenvalue weighted by atomic mass is 79.9. The van der Waals surface area contributed by atoms with E-state index >= 15 is 0 Å². The van der Waals surface area contributed by atoms with E-state index in [1.165, 1.54) is 0 Å². The van der Waals surface area contributed by atoms with Crippen molar-refractivity contribution in [1.29, 1.82) is 0 Å². The van der Waals surface area contributed by atoms with E-state index in [1.807, 2.05) is 12.1 Å². The summed E-state index contributed by atoms with van der Waals surface area (Å²) in [6.07, 6.45) is 2.35. The van der Waals surface area contributed by atoms with Crippen LogP contribution >= 0.6 is 15.9 Å². The van der Waals surface area contributed by atoms with E-state index in [9.17, 15) is 4.79 Å². The maximum absolute atomic E-state index is 11.9. The van der Waals surface area contributed by atoms with Crippen LogP contribution in [0.25, 0.3) is 11.5 Å². The fourth-order valence-corrected chi connectivity index (χ4v) is 2.11. The molecule has 0 fully saturated rings. The van der Waals surface area contributed by atoms with Gasteiger partial charge in [0.25, 0.3) is 5.56 Å². The average Bonchev–Trinajstić information content (AvgIpc) is 2.39. The Balaban J connectivity index is 2.11. The maximum atomic E-state index is 11.9. The highest BCUT2D eigenvalue weighted by Crippen LogP contribution is 2.17. The molecular formula is C12H10BrN3O2. The molecule has 92 valence electrons. The van der Waals surface area contributed by atoms with Gasteiger partial charge in [-0.15, -0.1) is 0 Å². The minimum atomic E-state index is -0.139. The lowest BCUT2D eigenvalue weighted by Crippen LogP contribution is -2.24. The summed E-state index contributed by atoms with van der Waals surface area (Å²) >= 11 is 3.32. The highest BCUT2D eigenvalue weighted by molar-refractivity contribution is 9.10. The summed E-state index contributed by atoms with van der Waals surface area (Å²) in [5.74, 6) is 0.508. The molecule has 0 spiro atoms. The van der Waals surface area contributed by atoms with Gasteiger partial charge in [-0.3, -0.25) is 9.78 Å². The maximum Gasteiger partial charge on any atom is 0.256 e. The number of fused-ring (bicyclic) bond motifs is 1. The van der Waals surface area contributed by atoms with Gasteiger partial charge in [-0.05, 0) is 28.1 Å². The number of ether oxygens (including phenoxy) is 1. The lowest BCUT2D eigenvalue weighted by Gasteiger charge is -2.15.